The molecular weight excluding hydrogens is 382 g/mol. The number of hydrogen-bond donors (Lipinski definition) is 3. The first-order chi connectivity index (χ1) is 13.5. The number of carbonyl (C=O) groups excluding carboxylic acids is 1. The van der Waals surface area contributed by atoms with Crippen LogP contribution in [0.2, 0.25) is 0 Å². The summed E-state index contributed by atoms with van der Waals surface area (Å²) in [6.07, 6.45) is 4.22. The summed E-state index contributed by atoms with van der Waals surface area (Å²) in [4.78, 5) is 20.0. The van der Waals surface area contributed by atoms with Crippen LogP contribution in [0.15, 0.2) is 66.0 Å². The Morgan fingerprint density at radius 2 is 1.82 bits per heavy atom. The number of nitrogens with one attached hydrogen (secondary N) is 3. The van der Waals surface area contributed by atoms with Gasteiger partial charge in [-0.1, -0.05) is 30.3 Å². The van der Waals surface area contributed by atoms with E-state index in [0.29, 0.717) is 5.69 Å². The zero-order valence-corrected chi connectivity index (χ0v) is 15.4. The highest BCUT2D eigenvalue weighted by molar-refractivity contribution is 7.89. The summed E-state index contributed by atoms with van der Waals surface area (Å²) < 4.78 is 26.4. The van der Waals surface area contributed by atoms with Crippen LogP contribution in [0.1, 0.15) is 0 Å². The van der Waals surface area contributed by atoms with Gasteiger partial charge in [-0.3, -0.25) is 10.3 Å². The Labute approximate surface area is 161 Å². The minimum Gasteiger partial charge on any atom is -0.336 e. The molecule has 0 radical (unpaired) electrons. The molecule has 1 aromatic carbocycles. The maximum absolute atomic E-state index is 12.0. The van der Waals surface area contributed by atoms with Gasteiger partial charge in [0.15, 0.2) is 0 Å². The van der Waals surface area contributed by atoms with E-state index >= 15 is 0 Å². The third-order valence-electron chi connectivity index (χ3n) is 3.50. The number of anilines is 1. The van der Waals surface area contributed by atoms with Crippen molar-refractivity contribution in [3.63, 3.8) is 0 Å². The number of sulfonamides is 1. The number of benzene rings is 1. The van der Waals surface area contributed by atoms with Crippen LogP contribution in [0.5, 0.6) is 0 Å². The van der Waals surface area contributed by atoms with E-state index in [0.717, 1.165) is 5.56 Å². The maximum atomic E-state index is 12.0. The van der Waals surface area contributed by atoms with E-state index in [1.807, 2.05) is 30.3 Å². The van der Waals surface area contributed by atoms with Gasteiger partial charge in [0.2, 0.25) is 10.0 Å². The van der Waals surface area contributed by atoms with Crippen molar-refractivity contribution in [2.24, 2.45) is 0 Å². The Balaban J connectivity index is 1.49. The van der Waals surface area contributed by atoms with Crippen LogP contribution in [-0.2, 0) is 10.0 Å². The second kappa shape index (κ2) is 8.97. The van der Waals surface area contributed by atoms with Gasteiger partial charge >= 0.3 is 6.03 Å². The molecule has 0 unspecified atom stereocenters. The van der Waals surface area contributed by atoms with Gasteiger partial charge in [-0.2, -0.15) is 5.10 Å². The zero-order valence-electron chi connectivity index (χ0n) is 14.6. The van der Waals surface area contributed by atoms with Crippen LogP contribution in [0.4, 0.5) is 10.7 Å². The lowest BCUT2D eigenvalue weighted by Gasteiger charge is -2.08. The Morgan fingerprint density at radius 3 is 2.57 bits per heavy atom. The predicted molar refractivity (Wildman–Crippen MR) is 102 cm³/mol. The monoisotopic (exact) mass is 399 g/mol. The van der Waals surface area contributed by atoms with Crippen LogP contribution in [-0.4, -0.2) is 47.7 Å². The van der Waals surface area contributed by atoms with Gasteiger partial charge in [0.05, 0.1) is 11.9 Å². The maximum Gasteiger partial charge on any atom is 0.321 e. The predicted octanol–water partition coefficient (Wildman–Crippen LogP) is 1.03. The summed E-state index contributed by atoms with van der Waals surface area (Å²) in [7, 11) is -3.67. The average molecular weight is 399 g/mol. The first kappa shape index (κ1) is 19.3. The van der Waals surface area contributed by atoms with Crippen LogP contribution < -0.4 is 15.4 Å². The molecule has 10 nitrogen and oxygen atoms in total. The second-order valence-corrected chi connectivity index (χ2v) is 7.27. The minimum absolute atomic E-state index is 0.00775. The highest BCUT2D eigenvalue weighted by atomic mass is 32.2. The van der Waals surface area contributed by atoms with E-state index in [9.17, 15) is 13.2 Å². The third-order valence-corrected chi connectivity index (χ3v) is 4.95. The molecule has 3 rings (SSSR count). The molecule has 0 spiro atoms. The highest BCUT2D eigenvalue weighted by Crippen LogP contribution is 2.15. The number of pyridine rings is 1. The summed E-state index contributed by atoms with van der Waals surface area (Å²) in [5.41, 5.74) is 1.40. The van der Waals surface area contributed by atoms with Gasteiger partial charge < -0.3 is 5.32 Å². The standard InChI is InChI=1S/C17H17N7O3S/c25-17(19-9-10-21-28(26,27)14-7-4-8-18-11-14)23-16-22-15(12-20-24-16)13-5-2-1-3-6-13/h1-8,11-12,21H,9-10H2,(H2,19,22,23,24,25). The summed E-state index contributed by atoms with van der Waals surface area (Å²) in [5, 5.41) is 12.6. The summed E-state index contributed by atoms with van der Waals surface area (Å²) in [5.74, 6) is 0.0368. The van der Waals surface area contributed by atoms with Gasteiger partial charge in [-0.15, -0.1) is 5.10 Å². The van der Waals surface area contributed by atoms with E-state index in [4.69, 9.17) is 0 Å². The molecule has 0 aliphatic carbocycles. The lowest BCUT2D eigenvalue weighted by molar-refractivity contribution is 0.252. The lowest BCUT2D eigenvalue weighted by Crippen LogP contribution is -2.37. The SMILES string of the molecule is O=C(NCCNS(=O)(=O)c1cccnc1)Nc1nncc(-c2ccccc2)n1. The van der Waals surface area contributed by atoms with Crippen molar-refractivity contribution >= 4 is 22.0 Å². The van der Waals surface area contributed by atoms with Crippen molar-refractivity contribution in [2.75, 3.05) is 18.4 Å². The molecular formula is C17H17N7O3S. The fourth-order valence-corrected chi connectivity index (χ4v) is 3.20. The van der Waals surface area contributed by atoms with Crippen molar-refractivity contribution in [1.29, 1.82) is 0 Å². The van der Waals surface area contributed by atoms with E-state index < -0.39 is 16.1 Å². The Hall–Kier alpha value is -3.44. The average Bonchev–Trinajstić information content (AvgIpc) is 2.73. The number of carbonyl (C=O) groups is 1. The lowest BCUT2D eigenvalue weighted by atomic mass is 10.2. The largest absolute Gasteiger partial charge is 0.336 e. The van der Waals surface area contributed by atoms with Crippen LogP contribution in [0.3, 0.4) is 0 Å². The highest BCUT2D eigenvalue weighted by Gasteiger charge is 2.13. The Bertz CT molecular complexity index is 1030. The van der Waals surface area contributed by atoms with Crippen molar-refractivity contribution in [1.82, 2.24) is 30.2 Å². The van der Waals surface area contributed by atoms with Gasteiger partial charge in [-0.05, 0) is 12.1 Å². The van der Waals surface area contributed by atoms with Crippen molar-refractivity contribution in [3.8, 4) is 11.3 Å². The molecule has 0 fully saturated rings. The first-order valence-electron chi connectivity index (χ1n) is 8.24. The van der Waals surface area contributed by atoms with Gasteiger partial charge in [0.1, 0.15) is 4.90 Å². The molecule has 3 aromatic rings. The van der Waals surface area contributed by atoms with Gasteiger partial charge in [-0.25, -0.2) is 22.9 Å². The molecule has 3 N–H and O–H groups in total. The number of amides is 2. The first-order valence-corrected chi connectivity index (χ1v) is 9.72. The minimum atomic E-state index is -3.67. The Morgan fingerprint density at radius 1 is 1.00 bits per heavy atom. The fraction of sp³-hybridized carbons (Fsp3) is 0.118. The third kappa shape index (κ3) is 5.28. The van der Waals surface area contributed by atoms with Crippen molar-refractivity contribution in [3.05, 3.63) is 61.1 Å². The molecule has 0 atom stereocenters. The quantitative estimate of drug-likeness (QED) is 0.504. The summed E-state index contributed by atoms with van der Waals surface area (Å²) in [6, 6.07) is 11.7. The molecule has 0 saturated carbocycles. The number of urea groups is 1. The smallest absolute Gasteiger partial charge is 0.321 e. The number of hydrogen-bond acceptors (Lipinski definition) is 7. The molecule has 2 amide bonds. The molecule has 2 aromatic heterocycles. The molecule has 0 aliphatic rings. The molecule has 0 saturated heterocycles. The van der Waals surface area contributed by atoms with Gasteiger partial charge in [0, 0.05) is 31.0 Å². The normalized spacial score (nSPS) is 11.0. The molecule has 0 aliphatic heterocycles. The number of rotatable bonds is 7. The van der Waals surface area contributed by atoms with E-state index in [2.05, 4.69) is 35.5 Å². The number of aromatic nitrogens is 4. The van der Waals surface area contributed by atoms with E-state index in [-0.39, 0.29) is 23.9 Å². The van der Waals surface area contributed by atoms with Crippen LogP contribution in [0.25, 0.3) is 11.3 Å². The van der Waals surface area contributed by atoms with E-state index in [1.165, 1.54) is 30.7 Å². The van der Waals surface area contributed by atoms with Gasteiger partial charge in [0.25, 0.3) is 5.95 Å². The van der Waals surface area contributed by atoms with Crippen LogP contribution in [0, 0.1) is 0 Å². The molecule has 0 bridgehead atoms. The second-order valence-electron chi connectivity index (χ2n) is 5.50. The zero-order chi connectivity index (χ0) is 19.8. The van der Waals surface area contributed by atoms with Crippen molar-refractivity contribution in [2.45, 2.75) is 4.90 Å². The molecule has 2 heterocycles. The van der Waals surface area contributed by atoms with Crippen LogP contribution >= 0.6 is 0 Å². The molecule has 144 valence electrons. The fourth-order valence-electron chi connectivity index (χ4n) is 2.20. The summed E-state index contributed by atoms with van der Waals surface area (Å²) >= 11 is 0. The van der Waals surface area contributed by atoms with Crippen molar-refractivity contribution < 1.29 is 13.2 Å². The number of nitrogens with zero attached hydrogens (tertiary/aromatic N) is 4. The molecule has 11 heteroatoms. The Kier molecular flexibility index (Phi) is 6.19. The van der Waals surface area contributed by atoms with E-state index in [1.54, 1.807) is 0 Å². The topological polar surface area (TPSA) is 139 Å². The summed E-state index contributed by atoms with van der Waals surface area (Å²) in [6.45, 7) is 0.0743. The molecule has 28 heavy (non-hydrogen) atoms.